The van der Waals surface area contributed by atoms with E-state index in [-0.39, 0.29) is 17.7 Å². The molecule has 1 aliphatic carbocycles. The molecule has 1 aromatic carbocycles. The van der Waals surface area contributed by atoms with Crippen LogP contribution in [0, 0.1) is 5.92 Å². The number of carbonyl (C=O) groups is 2. The second-order valence-electron chi connectivity index (χ2n) is 5.56. The van der Waals surface area contributed by atoms with Crippen LogP contribution in [0.3, 0.4) is 0 Å². The van der Waals surface area contributed by atoms with Gasteiger partial charge in [0.05, 0.1) is 19.6 Å². The van der Waals surface area contributed by atoms with Crippen LogP contribution in [-0.2, 0) is 20.7 Å². The van der Waals surface area contributed by atoms with E-state index in [1.807, 2.05) is 25.1 Å². The van der Waals surface area contributed by atoms with Crippen molar-refractivity contribution in [3.63, 3.8) is 0 Å². The monoisotopic (exact) mass is 380 g/mol. The third kappa shape index (κ3) is 4.02. The van der Waals surface area contributed by atoms with Gasteiger partial charge >= 0.3 is 5.97 Å². The van der Waals surface area contributed by atoms with Gasteiger partial charge in [-0.15, -0.1) is 0 Å². The lowest BCUT2D eigenvalue weighted by Crippen LogP contribution is -2.27. The second-order valence-corrected chi connectivity index (χ2v) is 6.42. The lowest BCUT2D eigenvalue weighted by Gasteiger charge is -2.24. The molecule has 0 radical (unpaired) electrons. The van der Waals surface area contributed by atoms with Gasteiger partial charge in [0.15, 0.2) is 5.78 Å². The first-order valence-electron chi connectivity index (χ1n) is 7.69. The topological polar surface area (TPSA) is 52.6 Å². The van der Waals surface area contributed by atoms with E-state index in [9.17, 15) is 9.59 Å². The van der Waals surface area contributed by atoms with Crippen LogP contribution in [0.4, 0.5) is 0 Å². The SMILES string of the molecule is CCOC(=O)C1CCC(=O)C(Cc2ccc(OC)cc2Br)=C1C. The van der Waals surface area contributed by atoms with E-state index in [2.05, 4.69) is 15.9 Å². The van der Waals surface area contributed by atoms with E-state index >= 15 is 0 Å². The molecule has 1 aromatic rings. The van der Waals surface area contributed by atoms with Gasteiger partial charge in [-0.2, -0.15) is 0 Å². The molecule has 1 aliphatic rings. The number of benzene rings is 1. The molecule has 0 fully saturated rings. The van der Waals surface area contributed by atoms with Crippen molar-refractivity contribution in [2.45, 2.75) is 33.1 Å². The Morgan fingerprint density at radius 1 is 1.39 bits per heavy atom. The summed E-state index contributed by atoms with van der Waals surface area (Å²) in [5.74, 6) is 0.333. The summed E-state index contributed by atoms with van der Waals surface area (Å²) >= 11 is 3.52. The standard InChI is InChI=1S/C18H21BrO4/c1-4-23-18(21)14-7-8-17(20)15(11(14)2)9-12-5-6-13(22-3)10-16(12)19/h5-6,10,14H,4,7-9H2,1-3H3. The van der Waals surface area contributed by atoms with Crippen molar-refractivity contribution < 1.29 is 19.1 Å². The number of Topliss-reactive ketones (excluding diaryl/α,β-unsaturated/α-hetero) is 1. The third-order valence-electron chi connectivity index (χ3n) is 4.19. The summed E-state index contributed by atoms with van der Waals surface area (Å²) in [6.07, 6.45) is 1.44. The van der Waals surface area contributed by atoms with Crippen molar-refractivity contribution in [3.8, 4) is 5.75 Å². The first kappa shape index (κ1) is 17.7. The van der Waals surface area contributed by atoms with Crippen LogP contribution in [0.15, 0.2) is 33.8 Å². The maximum atomic E-state index is 12.3. The molecule has 1 atom stereocenters. The molecular formula is C18H21BrO4. The minimum absolute atomic E-state index is 0.116. The molecule has 0 aromatic heterocycles. The second kappa shape index (κ2) is 7.77. The molecule has 2 rings (SSSR count). The van der Waals surface area contributed by atoms with Crippen LogP contribution in [0.5, 0.6) is 5.75 Å². The summed E-state index contributed by atoms with van der Waals surface area (Å²) in [6.45, 7) is 4.02. The molecule has 0 bridgehead atoms. The van der Waals surface area contributed by atoms with E-state index in [4.69, 9.17) is 9.47 Å². The van der Waals surface area contributed by atoms with Gasteiger partial charge in [0, 0.05) is 17.3 Å². The maximum absolute atomic E-state index is 12.3. The Labute approximate surface area is 145 Å². The number of methoxy groups -OCH3 is 1. The molecule has 0 saturated heterocycles. The van der Waals surface area contributed by atoms with Gasteiger partial charge in [-0.25, -0.2) is 0 Å². The quantitative estimate of drug-likeness (QED) is 0.727. The summed E-state index contributed by atoms with van der Waals surface area (Å²) in [5.41, 5.74) is 2.56. The Hall–Kier alpha value is -1.62. The highest BCUT2D eigenvalue weighted by Crippen LogP contribution is 2.33. The number of ketones is 1. The zero-order valence-electron chi connectivity index (χ0n) is 13.6. The number of ether oxygens (including phenoxy) is 2. The summed E-state index contributed by atoms with van der Waals surface area (Å²) < 4.78 is 11.2. The largest absolute Gasteiger partial charge is 0.497 e. The van der Waals surface area contributed by atoms with E-state index in [0.29, 0.717) is 25.9 Å². The molecule has 0 N–H and O–H groups in total. The number of rotatable bonds is 5. The van der Waals surface area contributed by atoms with Crippen molar-refractivity contribution in [1.29, 1.82) is 0 Å². The number of hydrogen-bond acceptors (Lipinski definition) is 4. The predicted molar refractivity (Wildman–Crippen MR) is 91.5 cm³/mol. The van der Waals surface area contributed by atoms with Crippen LogP contribution in [0.25, 0.3) is 0 Å². The van der Waals surface area contributed by atoms with Gasteiger partial charge in [-0.3, -0.25) is 9.59 Å². The summed E-state index contributed by atoms with van der Waals surface area (Å²) in [6, 6.07) is 5.68. The lowest BCUT2D eigenvalue weighted by molar-refractivity contribution is -0.147. The van der Waals surface area contributed by atoms with Gasteiger partial charge in [0.2, 0.25) is 0 Å². The fourth-order valence-electron chi connectivity index (χ4n) is 2.84. The van der Waals surface area contributed by atoms with Gasteiger partial charge < -0.3 is 9.47 Å². The fraction of sp³-hybridized carbons (Fsp3) is 0.444. The van der Waals surface area contributed by atoms with Crippen molar-refractivity contribution in [1.82, 2.24) is 0 Å². The number of esters is 1. The number of hydrogen-bond donors (Lipinski definition) is 0. The van der Waals surface area contributed by atoms with Crippen molar-refractivity contribution in [3.05, 3.63) is 39.4 Å². The Bertz CT molecular complexity index is 648. The number of halogens is 1. The van der Waals surface area contributed by atoms with Crippen LogP contribution in [0.2, 0.25) is 0 Å². The molecule has 0 heterocycles. The molecule has 0 aliphatic heterocycles. The van der Waals surface area contributed by atoms with Gasteiger partial charge in [0.25, 0.3) is 0 Å². The zero-order valence-corrected chi connectivity index (χ0v) is 15.2. The maximum Gasteiger partial charge on any atom is 0.313 e. The minimum atomic E-state index is -0.306. The number of carbonyl (C=O) groups excluding carboxylic acids is 2. The van der Waals surface area contributed by atoms with E-state index in [1.165, 1.54) is 0 Å². The highest BCUT2D eigenvalue weighted by atomic mass is 79.9. The van der Waals surface area contributed by atoms with Crippen LogP contribution in [0.1, 0.15) is 32.3 Å². The molecule has 0 saturated carbocycles. The molecule has 124 valence electrons. The van der Waals surface area contributed by atoms with E-state index in [1.54, 1.807) is 14.0 Å². The van der Waals surface area contributed by atoms with Gasteiger partial charge in [-0.1, -0.05) is 27.6 Å². The highest BCUT2D eigenvalue weighted by molar-refractivity contribution is 9.10. The van der Waals surface area contributed by atoms with Gasteiger partial charge in [-0.05, 0) is 43.5 Å². The fourth-order valence-corrected chi connectivity index (χ4v) is 3.34. The average molecular weight is 381 g/mol. The first-order valence-corrected chi connectivity index (χ1v) is 8.49. The molecule has 0 spiro atoms. The Balaban J connectivity index is 2.30. The normalized spacial score (nSPS) is 18.1. The molecular weight excluding hydrogens is 360 g/mol. The third-order valence-corrected chi connectivity index (χ3v) is 4.93. The average Bonchev–Trinajstić information content (AvgIpc) is 2.52. The summed E-state index contributed by atoms with van der Waals surface area (Å²) in [4.78, 5) is 24.4. The van der Waals surface area contributed by atoms with Gasteiger partial charge in [0.1, 0.15) is 5.75 Å². The van der Waals surface area contributed by atoms with E-state index < -0.39 is 0 Å². The lowest BCUT2D eigenvalue weighted by atomic mass is 9.80. The molecule has 0 amide bonds. The molecule has 1 unspecified atom stereocenters. The first-order chi connectivity index (χ1) is 11.0. The van der Waals surface area contributed by atoms with Crippen molar-refractivity contribution in [2.24, 2.45) is 5.92 Å². The van der Waals surface area contributed by atoms with Crippen LogP contribution in [-0.4, -0.2) is 25.5 Å². The Kier molecular flexibility index (Phi) is 5.99. The summed E-state index contributed by atoms with van der Waals surface area (Å²) in [7, 11) is 1.61. The molecule has 5 heteroatoms. The highest BCUT2D eigenvalue weighted by Gasteiger charge is 2.31. The van der Waals surface area contributed by atoms with E-state index in [0.717, 1.165) is 26.9 Å². The predicted octanol–water partition coefficient (Wildman–Crippen LogP) is 3.86. The van der Waals surface area contributed by atoms with Crippen molar-refractivity contribution >= 4 is 27.7 Å². The number of allylic oxidation sites excluding steroid dienone is 1. The smallest absolute Gasteiger partial charge is 0.313 e. The summed E-state index contributed by atoms with van der Waals surface area (Å²) in [5, 5.41) is 0. The Morgan fingerprint density at radius 3 is 2.74 bits per heavy atom. The zero-order chi connectivity index (χ0) is 17.0. The molecule has 4 nitrogen and oxygen atoms in total. The van der Waals surface area contributed by atoms with Crippen LogP contribution >= 0.6 is 15.9 Å². The molecule has 23 heavy (non-hydrogen) atoms. The van der Waals surface area contributed by atoms with Crippen molar-refractivity contribution in [2.75, 3.05) is 13.7 Å². The minimum Gasteiger partial charge on any atom is -0.497 e. The van der Waals surface area contributed by atoms with Crippen LogP contribution < -0.4 is 4.74 Å². The Morgan fingerprint density at radius 2 is 2.13 bits per heavy atom.